The number of benzene rings is 3. The minimum Gasteiger partial charge on any atom is -0.388 e. The molecule has 1 radical (unpaired) electrons. The number of rotatable bonds is 11. The molecule has 0 unspecified atom stereocenters. The predicted molar refractivity (Wildman–Crippen MR) is 137 cm³/mol. The first-order chi connectivity index (χ1) is 17.2. The Bertz CT molecular complexity index is 1270. The van der Waals surface area contributed by atoms with Gasteiger partial charge >= 0.3 is 0 Å². The highest BCUT2D eigenvalue weighted by Gasteiger charge is 2.48. The Kier molecular flexibility index (Phi) is 8.18. The number of nitrogens with one attached hydrogen (secondary N) is 1. The number of hydrogen-bond donors (Lipinski definition) is 2. The monoisotopic (exact) mass is 509 g/mol. The van der Waals surface area contributed by atoms with Gasteiger partial charge in [-0.15, -0.1) is 0 Å². The number of aryl methyl sites for hydroxylation is 1. The fourth-order valence-electron chi connectivity index (χ4n) is 4.66. The second-order valence-electron chi connectivity index (χ2n) is 9.17. The van der Waals surface area contributed by atoms with E-state index < -0.39 is 16.1 Å². The topological polar surface area (TPSA) is 86.7 Å². The van der Waals surface area contributed by atoms with Crippen molar-refractivity contribution in [2.75, 3.05) is 17.7 Å². The maximum Gasteiger partial charge on any atom is 0.233 e. The van der Waals surface area contributed by atoms with Crippen LogP contribution in [0.1, 0.15) is 48.1 Å². The number of anilines is 1. The summed E-state index contributed by atoms with van der Waals surface area (Å²) in [5, 5.41) is 10.6. The van der Waals surface area contributed by atoms with Gasteiger partial charge in [0.2, 0.25) is 15.9 Å². The van der Waals surface area contributed by atoms with Crippen LogP contribution in [0.4, 0.5) is 10.1 Å². The highest BCUT2D eigenvalue weighted by atomic mass is 32.2. The molecule has 1 amide bonds. The van der Waals surface area contributed by atoms with Gasteiger partial charge in [-0.1, -0.05) is 48.5 Å². The van der Waals surface area contributed by atoms with Gasteiger partial charge in [-0.05, 0) is 72.7 Å². The average Bonchev–Trinajstić information content (AvgIpc) is 2.86. The van der Waals surface area contributed by atoms with Gasteiger partial charge < -0.3 is 10.0 Å². The molecule has 6 nitrogen and oxygen atoms in total. The second-order valence-corrected chi connectivity index (χ2v) is 11.0. The van der Waals surface area contributed by atoms with Gasteiger partial charge in [0, 0.05) is 12.2 Å². The molecular weight excluding hydrogens is 479 g/mol. The first kappa shape index (κ1) is 26.0. The number of β-lactam (4-membered cyclic amide) rings is 1. The van der Waals surface area contributed by atoms with Crippen LogP contribution in [0.5, 0.6) is 0 Å². The SMILES string of the molecule is CS(=O)(=O)NCCCc1ccc(N2C(=O)[C@H](CC[C@H](O)c3ccc(F)cc3)[C@H]2c2cc[c]cc2)cc1. The van der Waals surface area contributed by atoms with Gasteiger partial charge in [-0.3, -0.25) is 4.79 Å². The molecule has 1 fully saturated rings. The van der Waals surface area contributed by atoms with Crippen molar-refractivity contribution in [2.24, 2.45) is 5.92 Å². The standard InChI is InChI=1S/C28H30FN2O4S/c1-36(34,35)30-19-5-6-20-9-15-24(16-10-20)31-27(22-7-3-2-4-8-22)25(28(31)33)17-18-26(32)21-11-13-23(29)14-12-21/h3-4,7-16,25-27,30,32H,5-6,17-19H2,1H3/t25-,26+,27-/m1/s1. The number of carbonyl (C=O) groups is 1. The summed E-state index contributed by atoms with van der Waals surface area (Å²) >= 11 is 0. The number of sulfonamides is 1. The number of halogens is 1. The molecule has 4 rings (SSSR count). The van der Waals surface area contributed by atoms with Crippen LogP contribution in [-0.4, -0.2) is 32.2 Å². The van der Waals surface area contributed by atoms with Crippen LogP contribution in [0.2, 0.25) is 0 Å². The first-order valence-electron chi connectivity index (χ1n) is 12.0. The van der Waals surface area contributed by atoms with Crippen LogP contribution in [0.25, 0.3) is 0 Å². The fourth-order valence-corrected chi connectivity index (χ4v) is 5.17. The van der Waals surface area contributed by atoms with Crippen molar-refractivity contribution in [1.29, 1.82) is 0 Å². The molecule has 1 saturated heterocycles. The van der Waals surface area contributed by atoms with Crippen molar-refractivity contribution >= 4 is 21.6 Å². The number of aliphatic hydroxyl groups excluding tert-OH is 1. The van der Waals surface area contributed by atoms with E-state index in [9.17, 15) is 22.7 Å². The van der Waals surface area contributed by atoms with Gasteiger partial charge in [0.15, 0.2) is 0 Å². The molecule has 0 aromatic heterocycles. The van der Waals surface area contributed by atoms with Gasteiger partial charge in [0.1, 0.15) is 5.82 Å². The highest BCUT2D eigenvalue weighted by Crippen LogP contribution is 2.46. The maximum atomic E-state index is 13.3. The fraction of sp³-hybridized carbons (Fsp3) is 0.321. The molecule has 1 heterocycles. The van der Waals surface area contributed by atoms with E-state index in [2.05, 4.69) is 10.8 Å². The van der Waals surface area contributed by atoms with Crippen LogP contribution in [0.3, 0.4) is 0 Å². The lowest BCUT2D eigenvalue weighted by Gasteiger charge is -2.48. The first-order valence-corrected chi connectivity index (χ1v) is 13.9. The molecule has 36 heavy (non-hydrogen) atoms. The Morgan fingerprint density at radius 1 is 1.06 bits per heavy atom. The highest BCUT2D eigenvalue weighted by molar-refractivity contribution is 7.88. The maximum absolute atomic E-state index is 13.3. The summed E-state index contributed by atoms with van der Waals surface area (Å²) in [6.07, 6.45) is 2.67. The zero-order chi connectivity index (χ0) is 25.7. The molecule has 3 aromatic carbocycles. The van der Waals surface area contributed by atoms with Crippen LogP contribution >= 0.6 is 0 Å². The zero-order valence-electron chi connectivity index (χ0n) is 20.1. The quantitative estimate of drug-likeness (QED) is 0.298. The van der Waals surface area contributed by atoms with Crippen LogP contribution in [0.15, 0.2) is 72.8 Å². The molecule has 3 atom stereocenters. The molecule has 3 aromatic rings. The van der Waals surface area contributed by atoms with Crippen LogP contribution in [0, 0.1) is 17.8 Å². The van der Waals surface area contributed by atoms with Crippen LogP contribution < -0.4 is 9.62 Å². The Labute approximate surface area is 211 Å². The lowest BCUT2D eigenvalue weighted by Crippen LogP contribution is -2.55. The summed E-state index contributed by atoms with van der Waals surface area (Å²) in [5.41, 5.74) is 3.50. The molecule has 0 bridgehead atoms. The molecule has 8 heteroatoms. The van der Waals surface area contributed by atoms with E-state index in [1.54, 1.807) is 17.0 Å². The van der Waals surface area contributed by atoms with E-state index in [4.69, 9.17) is 0 Å². The third-order valence-corrected chi connectivity index (χ3v) is 7.25. The van der Waals surface area contributed by atoms with E-state index >= 15 is 0 Å². The molecule has 0 spiro atoms. The van der Waals surface area contributed by atoms with Gasteiger partial charge in [-0.25, -0.2) is 17.5 Å². The van der Waals surface area contributed by atoms with Crippen molar-refractivity contribution in [3.05, 3.63) is 101 Å². The summed E-state index contributed by atoms with van der Waals surface area (Å²) in [6.45, 7) is 0.379. The summed E-state index contributed by atoms with van der Waals surface area (Å²) in [5.74, 6) is -0.623. The predicted octanol–water partition coefficient (Wildman–Crippen LogP) is 4.33. The van der Waals surface area contributed by atoms with Gasteiger partial charge in [-0.2, -0.15) is 0 Å². The molecule has 0 saturated carbocycles. The Morgan fingerprint density at radius 2 is 1.72 bits per heavy atom. The smallest absolute Gasteiger partial charge is 0.233 e. The van der Waals surface area contributed by atoms with E-state index in [0.717, 1.165) is 29.5 Å². The molecule has 189 valence electrons. The lowest BCUT2D eigenvalue weighted by atomic mass is 9.78. The largest absolute Gasteiger partial charge is 0.388 e. The van der Waals surface area contributed by atoms with Crippen LogP contribution in [-0.2, 0) is 21.2 Å². The summed E-state index contributed by atoms with van der Waals surface area (Å²) in [4.78, 5) is 15.0. The summed E-state index contributed by atoms with van der Waals surface area (Å²) in [6, 6.07) is 24.0. The number of carbonyl (C=O) groups excluding carboxylic acids is 1. The number of amides is 1. The van der Waals surface area contributed by atoms with E-state index in [1.165, 1.54) is 12.1 Å². The Balaban J connectivity index is 1.43. The normalized spacial score (nSPS) is 18.6. The van der Waals surface area contributed by atoms with Crippen molar-refractivity contribution in [2.45, 2.75) is 37.8 Å². The van der Waals surface area contributed by atoms with Crippen molar-refractivity contribution in [3.63, 3.8) is 0 Å². The zero-order valence-corrected chi connectivity index (χ0v) is 20.9. The van der Waals surface area contributed by atoms with Crippen molar-refractivity contribution in [3.8, 4) is 0 Å². The Hall–Kier alpha value is -3.07. The second kappa shape index (κ2) is 11.3. The van der Waals surface area contributed by atoms with Gasteiger partial charge in [0.25, 0.3) is 0 Å². The van der Waals surface area contributed by atoms with E-state index in [0.29, 0.717) is 31.4 Å². The summed E-state index contributed by atoms with van der Waals surface area (Å²) in [7, 11) is -3.19. The van der Waals surface area contributed by atoms with Crippen molar-refractivity contribution < 1.29 is 22.7 Å². The lowest BCUT2D eigenvalue weighted by molar-refractivity contribution is -0.131. The number of hydrogen-bond acceptors (Lipinski definition) is 4. The number of nitrogens with zero attached hydrogens (tertiary/aromatic N) is 1. The minimum atomic E-state index is -3.19. The molecule has 2 N–H and O–H groups in total. The van der Waals surface area contributed by atoms with Gasteiger partial charge in [0.05, 0.1) is 24.3 Å². The third kappa shape index (κ3) is 6.37. The average molecular weight is 510 g/mol. The van der Waals surface area contributed by atoms with Crippen molar-refractivity contribution in [1.82, 2.24) is 4.72 Å². The van der Waals surface area contributed by atoms with E-state index in [1.807, 2.05) is 48.5 Å². The molecule has 1 aliphatic rings. The molecule has 0 aliphatic carbocycles. The third-order valence-electron chi connectivity index (χ3n) is 6.53. The molecular formula is C28H30FN2O4S. The summed E-state index contributed by atoms with van der Waals surface area (Å²) < 4.78 is 38.1. The Morgan fingerprint density at radius 3 is 2.36 bits per heavy atom. The van der Waals surface area contributed by atoms with E-state index in [-0.39, 0.29) is 23.7 Å². The molecule has 1 aliphatic heterocycles. The number of aliphatic hydroxyl groups is 1. The minimum absolute atomic E-state index is 0.00393.